The monoisotopic (exact) mass is 322 g/mol. The third-order valence-electron chi connectivity index (χ3n) is 3.22. The molecule has 0 aliphatic carbocycles. The Morgan fingerprint density at radius 1 is 1.04 bits per heavy atom. The molecule has 1 aromatic heterocycles. The molecular weight excluding hydrogens is 308 g/mol. The van der Waals surface area contributed by atoms with E-state index in [1.54, 1.807) is 24.3 Å². The van der Waals surface area contributed by atoms with Gasteiger partial charge in [0.15, 0.2) is 0 Å². The molecule has 0 fully saturated rings. The van der Waals surface area contributed by atoms with Gasteiger partial charge in [0.25, 0.3) is 0 Å². The molecule has 2 amide bonds. The maximum absolute atomic E-state index is 12.0. The van der Waals surface area contributed by atoms with Crippen molar-refractivity contribution >= 4 is 17.5 Å². The molecule has 3 N–H and O–H groups in total. The summed E-state index contributed by atoms with van der Waals surface area (Å²) in [6.07, 6.45) is 0. The number of carbonyl (C=O) groups excluding carboxylic acids is 2. The van der Waals surface area contributed by atoms with Crippen LogP contribution in [-0.2, 0) is 11.3 Å². The van der Waals surface area contributed by atoms with Gasteiger partial charge in [0.1, 0.15) is 6.54 Å². The van der Waals surface area contributed by atoms with E-state index in [9.17, 15) is 9.59 Å². The molecule has 2 aromatic carbocycles. The summed E-state index contributed by atoms with van der Waals surface area (Å²) >= 11 is 0. The molecule has 0 saturated heterocycles. The van der Waals surface area contributed by atoms with E-state index in [0.29, 0.717) is 17.1 Å². The molecule has 1 heterocycles. The highest BCUT2D eigenvalue weighted by Gasteiger charge is 2.09. The number of benzene rings is 2. The maximum atomic E-state index is 12.0. The Morgan fingerprint density at radius 3 is 2.42 bits per heavy atom. The maximum Gasteiger partial charge on any atom is 0.248 e. The Hall–Kier alpha value is -3.55. The van der Waals surface area contributed by atoms with Gasteiger partial charge in [-0.1, -0.05) is 30.3 Å². The molecule has 8 nitrogen and oxygen atoms in total. The van der Waals surface area contributed by atoms with Crippen molar-refractivity contribution in [1.29, 1.82) is 0 Å². The SMILES string of the molecule is NC(=O)c1ccc(NC(=O)Cn2nnc(-c3ccccc3)n2)cc1. The summed E-state index contributed by atoms with van der Waals surface area (Å²) in [4.78, 5) is 24.2. The number of nitrogens with zero attached hydrogens (tertiary/aromatic N) is 4. The van der Waals surface area contributed by atoms with Gasteiger partial charge < -0.3 is 11.1 Å². The molecule has 24 heavy (non-hydrogen) atoms. The van der Waals surface area contributed by atoms with Gasteiger partial charge in [-0.05, 0) is 29.5 Å². The Labute approximate surface area is 137 Å². The van der Waals surface area contributed by atoms with Crippen molar-refractivity contribution < 1.29 is 9.59 Å². The fourth-order valence-corrected chi connectivity index (χ4v) is 2.06. The molecule has 120 valence electrons. The van der Waals surface area contributed by atoms with Crippen LogP contribution in [0.3, 0.4) is 0 Å². The number of amides is 2. The van der Waals surface area contributed by atoms with Crippen LogP contribution in [0.5, 0.6) is 0 Å². The predicted octanol–water partition coefficient (Wildman–Crippen LogP) is 1.08. The lowest BCUT2D eigenvalue weighted by Gasteiger charge is -2.04. The lowest BCUT2D eigenvalue weighted by molar-refractivity contribution is -0.117. The Morgan fingerprint density at radius 2 is 1.75 bits per heavy atom. The number of carbonyl (C=O) groups is 2. The van der Waals surface area contributed by atoms with E-state index in [1.165, 1.54) is 4.80 Å². The van der Waals surface area contributed by atoms with Crippen LogP contribution in [0.1, 0.15) is 10.4 Å². The molecule has 0 spiro atoms. The smallest absolute Gasteiger partial charge is 0.248 e. The van der Waals surface area contributed by atoms with E-state index in [2.05, 4.69) is 20.7 Å². The number of anilines is 1. The van der Waals surface area contributed by atoms with Crippen LogP contribution >= 0.6 is 0 Å². The topological polar surface area (TPSA) is 116 Å². The van der Waals surface area contributed by atoms with E-state index in [4.69, 9.17) is 5.73 Å². The largest absolute Gasteiger partial charge is 0.366 e. The zero-order valence-corrected chi connectivity index (χ0v) is 12.6. The Balaban J connectivity index is 1.63. The molecule has 0 aliphatic rings. The molecule has 0 unspecified atom stereocenters. The zero-order valence-electron chi connectivity index (χ0n) is 12.6. The summed E-state index contributed by atoms with van der Waals surface area (Å²) in [7, 11) is 0. The van der Waals surface area contributed by atoms with Crippen molar-refractivity contribution in [2.24, 2.45) is 5.73 Å². The lowest BCUT2D eigenvalue weighted by atomic mass is 10.2. The standard InChI is InChI=1S/C16H14N6O2/c17-15(24)11-6-8-13(9-7-11)18-14(23)10-22-20-16(19-21-22)12-4-2-1-3-5-12/h1-9H,10H2,(H2,17,24)(H,18,23). The van der Waals surface area contributed by atoms with E-state index in [-0.39, 0.29) is 12.5 Å². The van der Waals surface area contributed by atoms with Crippen molar-refractivity contribution in [3.05, 3.63) is 60.2 Å². The van der Waals surface area contributed by atoms with Crippen molar-refractivity contribution in [2.75, 3.05) is 5.32 Å². The van der Waals surface area contributed by atoms with E-state index >= 15 is 0 Å². The molecule has 0 aliphatic heterocycles. The Bertz CT molecular complexity index is 858. The number of rotatable bonds is 5. The first-order valence-electron chi connectivity index (χ1n) is 7.15. The van der Waals surface area contributed by atoms with Gasteiger partial charge in [-0.15, -0.1) is 10.2 Å². The fourth-order valence-electron chi connectivity index (χ4n) is 2.06. The van der Waals surface area contributed by atoms with Gasteiger partial charge in [0, 0.05) is 16.8 Å². The summed E-state index contributed by atoms with van der Waals surface area (Å²) < 4.78 is 0. The number of aromatic nitrogens is 4. The van der Waals surface area contributed by atoms with Crippen molar-refractivity contribution in [2.45, 2.75) is 6.54 Å². The van der Waals surface area contributed by atoms with Crippen LogP contribution in [0, 0.1) is 0 Å². The minimum Gasteiger partial charge on any atom is -0.366 e. The van der Waals surface area contributed by atoms with Crippen LogP contribution in [0.15, 0.2) is 54.6 Å². The first-order chi connectivity index (χ1) is 11.6. The number of nitrogens with two attached hydrogens (primary N) is 1. The minimum atomic E-state index is -0.520. The van der Waals surface area contributed by atoms with Crippen molar-refractivity contribution in [1.82, 2.24) is 20.2 Å². The first kappa shape index (κ1) is 15.3. The highest BCUT2D eigenvalue weighted by molar-refractivity contribution is 5.94. The molecule has 0 radical (unpaired) electrons. The number of primary amides is 1. The summed E-state index contributed by atoms with van der Waals surface area (Å²) in [5.41, 5.74) is 6.91. The summed E-state index contributed by atoms with van der Waals surface area (Å²) in [6, 6.07) is 15.6. The molecule has 0 atom stereocenters. The lowest BCUT2D eigenvalue weighted by Crippen LogP contribution is -2.20. The summed E-state index contributed by atoms with van der Waals surface area (Å²) in [5, 5.41) is 14.7. The quantitative estimate of drug-likeness (QED) is 0.729. The van der Waals surface area contributed by atoms with Crippen LogP contribution in [0.2, 0.25) is 0 Å². The summed E-state index contributed by atoms with van der Waals surface area (Å²) in [5.74, 6) is -0.374. The third-order valence-corrected chi connectivity index (χ3v) is 3.22. The number of hydrogen-bond donors (Lipinski definition) is 2. The molecule has 8 heteroatoms. The molecular formula is C16H14N6O2. The minimum absolute atomic E-state index is 0.0720. The normalized spacial score (nSPS) is 10.3. The highest BCUT2D eigenvalue weighted by Crippen LogP contribution is 2.12. The average molecular weight is 322 g/mol. The molecule has 0 saturated carbocycles. The van der Waals surface area contributed by atoms with Crippen molar-refractivity contribution in [3.63, 3.8) is 0 Å². The van der Waals surface area contributed by atoms with Gasteiger partial charge in [-0.2, -0.15) is 4.80 Å². The number of tetrazole rings is 1. The van der Waals surface area contributed by atoms with Gasteiger partial charge in [-0.25, -0.2) is 0 Å². The first-order valence-corrected chi connectivity index (χ1v) is 7.15. The summed E-state index contributed by atoms with van der Waals surface area (Å²) in [6.45, 7) is -0.0720. The predicted molar refractivity (Wildman–Crippen MR) is 86.8 cm³/mol. The van der Waals surface area contributed by atoms with Gasteiger partial charge in [-0.3, -0.25) is 9.59 Å². The second-order valence-corrected chi connectivity index (χ2v) is 5.00. The molecule has 3 aromatic rings. The molecule has 3 rings (SSSR count). The average Bonchev–Trinajstić information content (AvgIpc) is 3.04. The Kier molecular flexibility index (Phi) is 4.28. The highest BCUT2D eigenvalue weighted by atomic mass is 16.2. The zero-order chi connectivity index (χ0) is 16.9. The second-order valence-electron chi connectivity index (χ2n) is 5.00. The van der Waals surface area contributed by atoms with Crippen molar-refractivity contribution in [3.8, 4) is 11.4 Å². The van der Waals surface area contributed by atoms with Gasteiger partial charge >= 0.3 is 0 Å². The number of hydrogen-bond acceptors (Lipinski definition) is 5. The number of nitrogens with one attached hydrogen (secondary N) is 1. The van der Waals surface area contributed by atoms with E-state index < -0.39 is 5.91 Å². The van der Waals surface area contributed by atoms with Crippen LogP contribution in [0.4, 0.5) is 5.69 Å². The fraction of sp³-hybridized carbons (Fsp3) is 0.0625. The molecule has 0 bridgehead atoms. The van der Waals surface area contributed by atoms with E-state index in [1.807, 2.05) is 30.3 Å². The second kappa shape index (κ2) is 6.69. The van der Waals surface area contributed by atoms with Gasteiger partial charge in [0.2, 0.25) is 17.6 Å². The van der Waals surface area contributed by atoms with Crippen LogP contribution in [0.25, 0.3) is 11.4 Å². The third kappa shape index (κ3) is 3.61. The van der Waals surface area contributed by atoms with E-state index in [0.717, 1.165) is 5.56 Å². The van der Waals surface area contributed by atoms with Crippen LogP contribution < -0.4 is 11.1 Å². The van der Waals surface area contributed by atoms with Crippen LogP contribution in [-0.4, -0.2) is 32.0 Å². The van der Waals surface area contributed by atoms with Gasteiger partial charge in [0.05, 0.1) is 0 Å².